The van der Waals surface area contributed by atoms with Gasteiger partial charge < -0.3 is 9.47 Å². The zero-order valence-electron chi connectivity index (χ0n) is 13.8. The Balaban J connectivity index is 1.52. The highest BCUT2D eigenvalue weighted by Gasteiger charge is 2.25. The maximum absolute atomic E-state index is 12.5. The first-order valence-corrected chi connectivity index (χ1v) is 9.47. The summed E-state index contributed by atoms with van der Waals surface area (Å²) in [6, 6.07) is 4.62. The second kappa shape index (κ2) is 7.77. The lowest BCUT2D eigenvalue weighted by Gasteiger charge is -2.34. The molecule has 0 spiro atoms. The van der Waals surface area contributed by atoms with Gasteiger partial charge in [0.05, 0.1) is 6.04 Å². The zero-order chi connectivity index (χ0) is 16.1. The van der Waals surface area contributed by atoms with Gasteiger partial charge in [-0.25, -0.2) is 4.98 Å². The minimum absolute atomic E-state index is 0.310. The van der Waals surface area contributed by atoms with Crippen LogP contribution in [0.4, 0.5) is 0 Å². The molecule has 1 amide bonds. The number of hydrogen-bond donors (Lipinski definition) is 0. The van der Waals surface area contributed by atoms with Crippen LogP contribution in [0.15, 0.2) is 29.9 Å². The van der Waals surface area contributed by atoms with Crippen molar-refractivity contribution in [3.8, 4) is 0 Å². The van der Waals surface area contributed by atoms with E-state index in [0.29, 0.717) is 18.4 Å². The zero-order valence-corrected chi connectivity index (χ0v) is 14.6. The van der Waals surface area contributed by atoms with Gasteiger partial charge in [-0.15, -0.1) is 11.3 Å². The van der Waals surface area contributed by atoms with E-state index in [1.54, 1.807) is 11.3 Å². The fourth-order valence-corrected chi connectivity index (χ4v) is 4.14. The van der Waals surface area contributed by atoms with E-state index in [-0.39, 0.29) is 0 Å². The maximum Gasteiger partial charge on any atom is 0.222 e. The maximum atomic E-state index is 12.5. The van der Waals surface area contributed by atoms with Crippen LogP contribution in [0.1, 0.15) is 49.4 Å². The molecule has 1 fully saturated rings. The molecule has 0 radical (unpaired) electrons. The van der Waals surface area contributed by atoms with Crippen molar-refractivity contribution in [2.24, 2.45) is 0 Å². The molecule has 4 nitrogen and oxygen atoms in total. The quantitative estimate of drug-likeness (QED) is 0.809. The first-order chi connectivity index (χ1) is 11.3. The Morgan fingerprint density at radius 3 is 3.17 bits per heavy atom. The molecule has 2 aromatic rings. The summed E-state index contributed by atoms with van der Waals surface area (Å²) in [6.07, 6.45) is 9.74. The summed E-state index contributed by atoms with van der Waals surface area (Å²) in [5.74, 6) is 1.44. The molecule has 124 valence electrons. The van der Waals surface area contributed by atoms with Gasteiger partial charge in [0.1, 0.15) is 5.82 Å². The normalized spacial score (nSPS) is 18.3. The second-order valence-corrected chi connectivity index (χ2v) is 7.21. The van der Waals surface area contributed by atoms with Gasteiger partial charge in [0, 0.05) is 43.2 Å². The number of rotatable bonds is 6. The third kappa shape index (κ3) is 4.02. The molecule has 2 aromatic heterocycles. The molecule has 3 rings (SSSR count). The number of likely N-dealkylation sites (tertiary alicyclic amines) is 1. The van der Waals surface area contributed by atoms with Crippen molar-refractivity contribution in [2.75, 3.05) is 13.1 Å². The molecular weight excluding hydrogens is 306 g/mol. The third-order valence-electron chi connectivity index (χ3n) is 4.60. The summed E-state index contributed by atoms with van der Waals surface area (Å²) in [7, 11) is 0. The minimum atomic E-state index is 0.310. The Hall–Kier alpha value is -1.62. The number of amides is 1. The van der Waals surface area contributed by atoms with Gasteiger partial charge in [-0.1, -0.05) is 13.0 Å². The summed E-state index contributed by atoms with van der Waals surface area (Å²) in [5, 5.41) is 2.10. The molecule has 1 saturated heterocycles. The highest BCUT2D eigenvalue weighted by atomic mass is 32.1. The molecule has 1 aliphatic rings. The number of carbonyl (C=O) groups is 1. The van der Waals surface area contributed by atoms with Crippen molar-refractivity contribution in [3.05, 3.63) is 40.6 Å². The minimum Gasteiger partial charge on any atom is -0.341 e. The number of aromatic nitrogens is 2. The van der Waals surface area contributed by atoms with Crippen molar-refractivity contribution >= 4 is 17.2 Å². The fraction of sp³-hybridized carbons (Fsp3) is 0.556. The van der Waals surface area contributed by atoms with Gasteiger partial charge in [0.15, 0.2) is 0 Å². The van der Waals surface area contributed by atoms with Crippen LogP contribution in [-0.4, -0.2) is 33.4 Å². The van der Waals surface area contributed by atoms with E-state index in [1.807, 2.05) is 6.20 Å². The summed E-state index contributed by atoms with van der Waals surface area (Å²) >= 11 is 1.78. The van der Waals surface area contributed by atoms with Gasteiger partial charge in [-0.05, 0) is 37.1 Å². The van der Waals surface area contributed by atoms with Crippen LogP contribution >= 0.6 is 11.3 Å². The molecule has 3 heterocycles. The molecule has 5 heteroatoms. The van der Waals surface area contributed by atoms with E-state index in [9.17, 15) is 4.79 Å². The Kier molecular flexibility index (Phi) is 5.49. The van der Waals surface area contributed by atoms with E-state index < -0.39 is 0 Å². The summed E-state index contributed by atoms with van der Waals surface area (Å²) in [4.78, 5) is 20.4. The van der Waals surface area contributed by atoms with Crippen LogP contribution < -0.4 is 0 Å². The molecule has 1 aliphatic heterocycles. The van der Waals surface area contributed by atoms with Crippen molar-refractivity contribution in [1.29, 1.82) is 0 Å². The summed E-state index contributed by atoms with van der Waals surface area (Å²) in [5.41, 5.74) is 0. The fourth-order valence-electron chi connectivity index (χ4n) is 3.39. The highest BCUT2D eigenvalue weighted by Crippen LogP contribution is 2.24. The van der Waals surface area contributed by atoms with Crippen molar-refractivity contribution < 1.29 is 4.79 Å². The van der Waals surface area contributed by atoms with Gasteiger partial charge in [0.25, 0.3) is 0 Å². The van der Waals surface area contributed by atoms with Crippen molar-refractivity contribution in [1.82, 2.24) is 14.5 Å². The van der Waals surface area contributed by atoms with Gasteiger partial charge in [0.2, 0.25) is 5.91 Å². The number of aryl methyl sites for hydroxylation is 2. The SMILES string of the molecule is CCc1nccn1[C@@H]1CCCN(C(=O)CCCc2cccs2)C1. The lowest BCUT2D eigenvalue weighted by molar-refractivity contribution is -0.132. The molecule has 0 bridgehead atoms. The first-order valence-electron chi connectivity index (χ1n) is 8.59. The smallest absolute Gasteiger partial charge is 0.222 e. The van der Waals surface area contributed by atoms with Crippen LogP contribution in [-0.2, 0) is 17.6 Å². The average Bonchev–Trinajstić information content (AvgIpc) is 3.26. The second-order valence-electron chi connectivity index (χ2n) is 6.17. The number of imidazole rings is 1. The van der Waals surface area contributed by atoms with E-state index in [1.165, 1.54) is 4.88 Å². The van der Waals surface area contributed by atoms with Crippen LogP contribution in [0, 0.1) is 0 Å². The topological polar surface area (TPSA) is 38.1 Å². The van der Waals surface area contributed by atoms with Gasteiger partial charge in [-0.2, -0.15) is 0 Å². The molecule has 0 N–H and O–H groups in total. The number of piperidine rings is 1. The molecular formula is C18H25N3OS. The van der Waals surface area contributed by atoms with E-state index in [0.717, 1.165) is 51.0 Å². The Morgan fingerprint density at radius 1 is 1.48 bits per heavy atom. The number of hydrogen-bond acceptors (Lipinski definition) is 3. The van der Waals surface area contributed by atoms with E-state index in [4.69, 9.17) is 0 Å². The van der Waals surface area contributed by atoms with Crippen LogP contribution in [0.2, 0.25) is 0 Å². The van der Waals surface area contributed by atoms with Crippen molar-refractivity contribution in [2.45, 2.75) is 51.5 Å². The highest BCUT2D eigenvalue weighted by molar-refractivity contribution is 7.09. The van der Waals surface area contributed by atoms with Crippen LogP contribution in [0.3, 0.4) is 0 Å². The summed E-state index contributed by atoms with van der Waals surface area (Å²) in [6.45, 7) is 3.88. The van der Waals surface area contributed by atoms with Crippen LogP contribution in [0.25, 0.3) is 0 Å². The lowest BCUT2D eigenvalue weighted by atomic mass is 10.0. The Bertz CT molecular complexity index is 620. The molecule has 0 aromatic carbocycles. The van der Waals surface area contributed by atoms with Gasteiger partial charge >= 0.3 is 0 Å². The molecule has 1 atom stereocenters. The molecule has 0 saturated carbocycles. The Morgan fingerprint density at radius 2 is 2.39 bits per heavy atom. The van der Waals surface area contributed by atoms with E-state index in [2.05, 4.69) is 45.1 Å². The third-order valence-corrected chi connectivity index (χ3v) is 5.54. The van der Waals surface area contributed by atoms with Gasteiger partial charge in [-0.3, -0.25) is 4.79 Å². The lowest BCUT2D eigenvalue weighted by Crippen LogP contribution is -2.40. The standard InChI is InChI=1S/C18H25N3OS/c1-2-17-19-10-12-21(17)15-6-4-11-20(14-15)18(22)9-3-7-16-8-5-13-23-16/h5,8,10,12-13,15H,2-4,6-7,9,11,14H2,1H3/t15-/m1/s1. The first kappa shape index (κ1) is 16.2. The summed E-state index contributed by atoms with van der Waals surface area (Å²) < 4.78 is 2.27. The van der Waals surface area contributed by atoms with E-state index >= 15 is 0 Å². The number of carbonyl (C=O) groups excluding carboxylic acids is 1. The Labute approximate surface area is 142 Å². The monoisotopic (exact) mass is 331 g/mol. The molecule has 0 aliphatic carbocycles. The number of thiophene rings is 1. The average molecular weight is 331 g/mol. The predicted molar refractivity (Wildman–Crippen MR) is 93.7 cm³/mol. The largest absolute Gasteiger partial charge is 0.341 e. The van der Waals surface area contributed by atoms with Crippen LogP contribution in [0.5, 0.6) is 0 Å². The predicted octanol–water partition coefficient (Wildman–Crippen LogP) is 3.69. The molecule has 0 unspecified atom stereocenters. The van der Waals surface area contributed by atoms with Crippen molar-refractivity contribution in [3.63, 3.8) is 0 Å². The molecule has 23 heavy (non-hydrogen) atoms. The number of nitrogens with zero attached hydrogens (tertiary/aromatic N) is 3.